The molecule has 1 saturated heterocycles. The Kier molecular flexibility index (Phi) is 4.97. The zero-order valence-corrected chi connectivity index (χ0v) is 13.0. The number of hydrogen-bond donors (Lipinski definition) is 1. The molecule has 0 bridgehead atoms. The highest BCUT2D eigenvalue weighted by molar-refractivity contribution is 7.91. The molecule has 1 atom stereocenters. The lowest BCUT2D eigenvalue weighted by Crippen LogP contribution is -2.46. The van der Waals surface area contributed by atoms with E-state index in [0.717, 1.165) is 12.8 Å². The van der Waals surface area contributed by atoms with Crippen molar-refractivity contribution >= 4 is 27.4 Å². The number of sulfone groups is 1. The number of rotatable bonds is 5. The normalized spacial score (nSPS) is 24.3. The molecule has 0 spiro atoms. The largest absolute Gasteiger partial charge is 0.334 e. The Labute approximate surface area is 124 Å². The second-order valence-electron chi connectivity index (χ2n) is 5.50. The van der Waals surface area contributed by atoms with E-state index in [2.05, 4.69) is 10.5 Å². The molecule has 2 aliphatic heterocycles. The summed E-state index contributed by atoms with van der Waals surface area (Å²) in [7, 11) is -3.04. The molecule has 21 heavy (non-hydrogen) atoms. The Balaban J connectivity index is 2.12. The van der Waals surface area contributed by atoms with Gasteiger partial charge in [0, 0.05) is 25.4 Å². The molecule has 0 aromatic carbocycles. The lowest BCUT2D eigenvalue weighted by molar-refractivity contribution is -0.126. The highest BCUT2D eigenvalue weighted by Gasteiger charge is 2.36. The average Bonchev–Trinajstić information content (AvgIpc) is 2.80. The Bertz CT molecular complexity index is 556. The number of nitrogens with one attached hydrogen (secondary N) is 1. The molecule has 0 radical (unpaired) electrons. The van der Waals surface area contributed by atoms with Gasteiger partial charge < -0.3 is 4.90 Å². The van der Waals surface area contributed by atoms with Gasteiger partial charge in [-0.2, -0.15) is 5.10 Å². The molecule has 0 saturated carbocycles. The van der Waals surface area contributed by atoms with Crippen molar-refractivity contribution in [1.82, 2.24) is 10.3 Å². The van der Waals surface area contributed by atoms with Gasteiger partial charge in [0.25, 0.3) is 5.91 Å². The van der Waals surface area contributed by atoms with Gasteiger partial charge in [0.1, 0.15) is 5.71 Å². The Morgan fingerprint density at radius 1 is 1.43 bits per heavy atom. The predicted octanol–water partition coefficient (Wildman–Crippen LogP) is 0.0682. The fraction of sp³-hybridized carbons (Fsp3) is 0.769. The Morgan fingerprint density at radius 2 is 2.19 bits per heavy atom. The van der Waals surface area contributed by atoms with Gasteiger partial charge in [-0.25, -0.2) is 13.8 Å². The summed E-state index contributed by atoms with van der Waals surface area (Å²) in [5.41, 5.74) is 2.63. The fourth-order valence-electron chi connectivity index (χ4n) is 2.59. The third kappa shape index (κ3) is 4.03. The number of carbonyl (C=O) groups excluding carboxylic acids is 2. The summed E-state index contributed by atoms with van der Waals surface area (Å²) in [6.07, 6.45) is 2.79. The minimum atomic E-state index is -3.04. The van der Waals surface area contributed by atoms with Crippen LogP contribution in [0, 0.1) is 0 Å². The van der Waals surface area contributed by atoms with E-state index in [1.807, 2.05) is 6.92 Å². The minimum absolute atomic E-state index is 0.0299. The van der Waals surface area contributed by atoms with Crippen LogP contribution in [0.3, 0.4) is 0 Å². The summed E-state index contributed by atoms with van der Waals surface area (Å²) < 4.78 is 23.3. The quantitative estimate of drug-likeness (QED) is 0.776. The van der Waals surface area contributed by atoms with E-state index in [9.17, 15) is 18.0 Å². The number of hydrazone groups is 1. The van der Waals surface area contributed by atoms with E-state index in [1.54, 1.807) is 4.90 Å². The third-order valence-electron chi connectivity index (χ3n) is 3.81. The van der Waals surface area contributed by atoms with Crippen LogP contribution in [0.15, 0.2) is 5.10 Å². The molecule has 1 fully saturated rings. The van der Waals surface area contributed by atoms with Crippen molar-refractivity contribution in [1.29, 1.82) is 0 Å². The maximum atomic E-state index is 12.6. The van der Waals surface area contributed by atoms with Gasteiger partial charge in [-0.1, -0.05) is 13.3 Å². The van der Waals surface area contributed by atoms with E-state index < -0.39 is 9.84 Å². The van der Waals surface area contributed by atoms with Crippen LogP contribution in [0.4, 0.5) is 0 Å². The van der Waals surface area contributed by atoms with Gasteiger partial charge in [0.2, 0.25) is 5.91 Å². The Hall–Kier alpha value is -1.44. The Morgan fingerprint density at radius 3 is 2.71 bits per heavy atom. The number of carbonyl (C=O) groups is 2. The number of hydrogen-bond acceptors (Lipinski definition) is 5. The maximum absolute atomic E-state index is 12.6. The van der Waals surface area contributed by atoms with Crippen LogP contribution >= 0.6 is 0 Å². The zero-order valence-electron chi connectivity index (χ0n) is 12.2. The number of nitrogens with zero attached hydrogens (tertiary/aromatic N) is 2. The van der Waals surface area contributed by atoms with Crippen molar-refractivity contribution in [3.05, 3.63) is 0 Å². The van der Waals surface area contributed by atoms with Crippen molar-refractivity contribution in [3.63, 3.8) is 0 Å². The molecular weight excluding hydrogens is 294 g/mol. The van der Waals surface area contributed by atoms with Crippen LogP contribution in [0.25, 0.3) is 0 Å². The van der Waals surface area contributed by atoms with Gasteiger partial charge in [0.15, 0.2) is 9.84 Å². The summed E-state index contributed by atoms with van der Waals surface area (Å²) in [5, 5.41) is 3.82. The third-order valence-corrected chi connectivity index (χ3v) is 5.56. The molecule has 0 aliphatic carbocycles. The van der Waals surface area contributed by atoms with Crippen LogP contribution < -0.4 is 5.43 Å². The summed E-state index contributed by atoms with van der Waals surface area (Å²) in [6.45, 7) is 2.55. The predicted molar refractivity (Wildman–Crippen MR) is 78.5 cm³/mol. The number of unbranched alkanes of at least 4 members (excludes halogenated alkanes) is 1. The molecule has 1 N–H and O–H groups in total. The summed E-state index contributed by atoms with van der Waals surface area (Å²) >= 11 is 0. The number of amides is 2. The standard InChI is InChI=1S/C13H21N3O4S/c1-2-3-7-16(10-6-8-21(19,20)9-10)13(18)11-4-5-12(17)15-14-11/h10H,2-9H2,1H3,(H,15,17). The van der Waals surface area contributed by atoms with Crippen LogP contribution in [0.1, 0.15) is 39.0 Å². The molecule has 1 unspecified atom stereocenters. The highest BCUT2D eigenvalue weighted by Crippen LogP contribution is 2.20. The van der Waals surface area contributed by atoms with E-state index in [4.69, 9.17) is 0 Å². The fourth-order valence-corrected chi connectivity index (χ4v) is 4.32. The second kappa shape index (κ2) is 6.55. The molecule has 118 valence electrons. The summed E-state index contributed by atoms with van der Waals surface area (Å²) in [6, 6.07) is -0.269. The molecule has 0 aromatic rings. The smallest absolute Gasteiger partial charge is 0.270 e. The first kappa shape index (κ1) is 15.9. The van der Waals surface area contributed by atoms with Gasteiger partial charge >= 0.3 is 0 Å². The van der Waals surface area contributed by atoms with Crippen LogP contribution in [-0.4, -0.2) is 54.9 Å². The van der Waals surface area contributed by atoms with E-state index >= 15 is 0 Å². The lowest BCUT2D eigenvalue weighted by atomic mass is 10.1. The summed E-state index contributed by atoms with van der Waals surface area (Å²) in [5.74, 6) is -0.278. The van der Waals surface area contributed by atoms with Crippen molar-refractivity contribution in [2.45, 2.75) is 45.1 Å². The minimum Gasteiger partial charge on any atom is -0.334 e. The van der Waals surface area contributed by atoms with Crippen molar-refractivity contribution < 1.29 is 18.0 Å². The van der Waals surface area contributed by atoms with Gasteiger partial charge in [-0.15, -0.1) is 0 Å². The van der Waals surface area contributed by atoms with Crippen molar-refractivity contribution in [3.8, 4) is 0 Å². The van der Waals surface area contributed by atoms with Gasteiger partial charge in [0.05, 0.1) is 11.5 Å². The zero-order chi connectivity index (χ0) is 15.5. The van der Waals surface area contributed by atoms with Crippen molar-refractivity contribution in [2.24, 2.45) is 5.10 Å². The van der Waals surface area contributed by atoms with E-state index in [1.165, 1.54) is 0 Å². The van der Waals surface area contributed by atoms with Gasteiger partial charge in [-0.3, -0.25) is 9.59 Å². The summed E-state index contributed by atoms with van der Waals surface area (Å²) in [4.78, 5) is 25.3. The molecule has 2 rings (SSSR count). The van der Waals surface area contributed by atoms with E-state index in [-0.39, 0.29) is 35.8 Å². The molecule has 7 nitrogen and oxygen atoms in total. The maximum Gasteiger partial charge on any atom is 0.270 e. The molecule has 2 heterocycles. The van der Waals surface area contributed by atoms with Crippen LogP contribution in [0.2, 0.25) is 0 Å². The molecule has 0 aromatic heterocycles. The lowest BCUT2D eigenvalue weighted by Gasteiger charge is -2.29. The van der Waals surface area contributed by atoms with Crippen LogP contribution in [-0.2, 0) is 19.4 Å². The highest BCUT2D eigenvalue weighted by atomic mass is 32.2. The second-order valence-corrected chi connectivity index (χ2v) is 7.73. The molecule has 2 aliphatic rings. The first-order chi connectivity index (χ1) is 9.93. The topological polar surface area (TPSA) is 95.9 Å². The van der Waals surface area contributed by atoms with Gasteiger partial charge in [-0.05, 0) is 12.8 Å². The molecule has 8 heteroatoms. The molecule has 2 amide bonds. The SMILES string of the molecule is CCCCN(C(=O)C1=NNC(=O)CC1)C1CCS(=O)(=O)C1. The first-order valence-corrected chi connectivity index (χ1v) is 9.12. The monoisotopic (exact) mass is 315 g/mol. The molecular formula is C13H21N3O4S. The van der Waals surface area contributed by atoms with Crippen molar-refractivity contribution in [2.75, 3.05) is 18.1 Å². The van der Waals surface area contributed by atoms with E-state index in [0.29, 0.717) is 25.1 Å². The van der Waals surface area contributed by atoms with Crippen LogP contribution in [0.5, 0.6) is 0 Å². The average molecular weight is 315 g/mol. The first-order valence-electron chi connectivity index (χ1n) is 7.29.